The van der Waals surface area contributed by atoms with Gasteiger partial charge in [-0.15, -0.1) is 0 Å². The molecule has 0 radical (unpaired) electrons. The van der Waals surface area contributed by atoms with Gasteiger partial charge in [-0.3, -0.25) is 4.79 Å². The lowest BCUT2D eigenvalue weighted by Crippen LogP contribution is -2.30. The quantitative estimate of drug-likeness (QED) is 0.881. The zero-order valence-corrected chi connectivity index (χ0v) is 12.6. The van der Waals surface area contributed by atoms with E-state index in [-0.39, 0.29) is 11.9 Å². The maximum atomic E-state index is 12.4. The Kier molecular flexibility index (Phi) is 3.68. The van der Waals surface area contributed by atoms with Gasteiger partial charge in [0.15, 0.2) is 11.6 Å². The van der Waals surface area contributed by atoms with Crippen molar-refractivity contribution in [1.29, 1.82) is 0 Å². The molecule has 21 heavy (non-hydrogen) atoms. The third-order valence-electron chi connectivity index (χ3n) is 3.61. The van der Waals surface area contributed by atoms with Crippen LogP contribution in [0.25, 0.3) is 0 Å². The van der Waals surface area contributed by atoms with Gasteiger partial charge >= 0.3 is 0 Å². The molecule has 1 atom stereocenters. The molecule has 3 rings (SSSR count). The SMILES string of the molecule is Cc1nc(C(=O)NC(c2ccc(Cl)nc2)C2CC2)c(C)o1. The Hall–Kier alpha value is -1.88. The van der Waals surface area contributed by atoms with Crippen LogP contribution in [0, 0.1) is 19.8 Å². The summed E-state index contributed by atoms with van der Waals surface area (Å²) in [6.07, 6.45) is 3.92. The maximum absolute atomic E-state index is 12.4. The Morgan fingerprint density at radius 3 is 2.71 bits per heavy atom. The van der Waals surface area contributed by atoms with Crippen molar-refractivity contribution in [3.05, 3.63) is 46.4 Å². The molecule has 2 aromatic rings. The number of rotatable bonds is 4. The highest BCUT2D eigenvalue weighted by Gasteiger charge is 2.34. The molecule has 110 valence electrons. The number of oxazole rings is 1. The number of halogens is 1. The number of aromatic nitrogens is 2. The zero-order chi connectivity index (χ0) is 15.0. The largest absolute Gasteiger partial charge is 0.445 e. The summed E-state index contributed by atoms with van der Waals surface area (Å²) in [5.41, 5.74) is 1.31. The molecule has 0 saturated heterocycles. The topological polar surface area (TPSA) is 68.0 Å². The van der Waals surface area contributed by atoms with Crippen molar-refractivity contribution < 1.29 is 9.21 Å². The van der Waals surface area contributed by atoms with Gasteiger partial charge in [-0.2, -0.15) is 0 Å². The normalized spacial score (nSPS) is 15.8. The summed E-state index contributed by atoms with van der Waals surface area (Å²) < 4.78 is 5.31. The molecule has 0 aliphatic heterocycles. The Bertz CT molecular complexity index is 662. The second-order valence-electron chi connectivity index (χ2n) is 5.34. The van der Waals surface area contributed by atoms with E-state index in [2.05, 4.69) is 15.3 Å². The highest BCUT2D eigenvalue weighted by Crippen LogP contribution is 2.41. The number of nitrogens with one attached hydrogen (secondary N) is 1. The van der Waals surface area contributed by atoms with Gasteiger partial charge in [0.25, 0.3) is 5.91 Å². The summed E-state index contributed by atoms with van der Waals surface area (Å²) in [4.78, 5) is 20.6. The van der Waals surface area contributed by atoms with Gasteiger partial charge in [0.2, 0.25) is 0 Å². The second kappa shape index (κ2) is 5.48. The van der Waals surface area contributed by atoms with Crippen LogP contribution in [0.1, 0.15) is 46.6 Å². The summed E-state index contributed by atoms with van der Waals surface area (Å²) in [6.45, 7) is 3.47. The van der Waals surface area contributed by atoms with Crippen LogP contribution < -0.4 is 5.32 Å². The molecule has 1 fully saturated rings. The Labute approximate surface area is 127 Å². The highest BCUT2D eigenvalue weighted by atomic mass is 35.5. The lowest BCUT2D eigenvalue weighted by Gasteiger charge is -2.18. The van der Waals surface area contributed by atoms with E-state index in [4.69, 9.17) is 16.0 Å². The van der Waals surface area contributed by atoms with Crippen molar-refractivity contribution in [1.82, 2.24) is 15.3 Å². The van der Waals surface area contributed by atoms with Gasteiger partial charge in [-0.1, -0.05) is 17.7 Å². The minimum absolute atomic E-state index is 0.0568. The Morgan fingerprint density at radius 2 is 2.19 bits per heavy atom. The molecule has 2 aromatic heterocycles. The van der Waals surface area contributed by atoms with E-state index in [1.807, 2.05) is 6.07 Å². The van der Waals surface area contributed by atoms with E-state index in [1.54, 1.807) is 26.1 Å². The molecule has 1 saturated carbocycles. The molecule has 0 bridgehead atoms. The first-order chi connectivity index (χ1) is 10.0. The zero-order valence-electron chi connectivity index (χ0n) is 11.9. The number of hydrogen-bond acceptors (Lipinski definition) is 4. The van der Waals surface area contributed by atoms with Crippen LogP contribution in [0.4, 0.5) is 0 Å². The minimum atomic E-state index is -0.212. The molecule has 6 heteroatoms. The Morgan fingerprint density at radius 1 is 1.43 bits per heavy atom. The van der Waals surface area contributed by atoms with Crippen molar-refractivity contribution in [3.63, 3.8) is 0 Å². The molecular weight excluding hydrogens is 290 g/mol. The van der Waals surface area contributed by atoms with Gasteiger partial charge < -0.3 is 9.73 Å². The van der Waals surface area contributed by atoms with Crippen molar-refractivity contribution in [2.75, 3.05) is 0 Å². The number of amides is 1. The lowest BCUT2D eigenvalue weighted by atomic mass is 10.0. The van der Waals surface area contributed by atoms with E-state index < -0.39 is 0 Å². The van der Waals surface area contributed by atoms with Crippen LogP contribution in [-0.2, 0) is 0 Å². The van der Waals surface area contributed by atoms with Crippen molar-refractivity contribution in [2.24, 2.45) is 5.92 Å². The maximum Gasteiger partial charge on any atom is 0.274 e. The molecule has 0 spiro atoms. The predicted molar refractivity (Wildman–Crippen MR) is 78.2 cm³/mol. The number of hydrogen-bond donors (Lipinski definition) is 1. The van der Waals surface area contributed by atoms with Gasteiger partial charge in [0, 0.05) is 13.1 Å². The van der Waals surface area contributed by atoms with Crippen LogP contribution in [0.15, 0.2) is 22.7 Å². The first kappa shape index (κ1) is 14.1. The lowest BCUT2D eigenvalue weighted by molar-refractivity contribution is 0.0925. The molecule has 1 aliphatic carbocycles. The third-order valence-corrected chi connectivity index (χ3v) is 3.83. The third kappa shape index (κ3) is 3.08. The molecule has 5 nitrogen and oxygen atoms in total. The molecule has 1 N–H and O–H groups in total. The monoisotopic (exact) mass is 305 g/mol. The second-order valence-corrected chi connectivity index (χ2v) is 5.73. The van der Waals surface area contributed by atoms with Crippen LogP contribution >= 0.6 is 11.6 Å². The average Bonchev–Trinajstić information content (AvgIpc) is 3.22. The molecule has 1 amide bonds. The van der Waals surface area contributed by atoms with Gasteiger partial charge in [0.05, 0.1) is 6.04 Å². The number of nitrogens with zero attached hydrogens (tertiary/aromatic N) is 2. The summed E-state index contributed by atoms with van der Waals surface area (Å²) in [7, 11) is 0. The summed E-state index contributed by atoms with van der Waals surface area (Å²) in [5, 5.41) is 3.49. The summed E-state index contributed by atoms with van der Waals surface area (Å²) in [5.74, 6) is 1.27. The fourth-order valence-electron chi connectivity index (χ4n) is 2.42. The molecular formula is C15H16ClN3O2. The molecule has 0 aromatic carbocycles. The van der Waals surface area contributed by atoms with E-state index in [9.17, 15) is 4.79 Å². The number of aryl methyl sites for hydroxylation is 2. The molecule has 2 heterocycles. The van der Waals surface area contributed by atoms with E-state index >= 15 is 0 Å². The van der Waals surface area contributed by atoms with Crippen LogP contribution in [0.3, 0.4) is 0 Å². The van der Waals surface area contributed by atoms with Crippen molar-refractivity contribution >= 4 is 17.5 Å². The van der Waals surface area contributed by atoms with Crippen molar-refractivity contribution in [2.45, 2.75) is 32.7 Å². The van der Waals surface area contributed by atoms with E-state index in [1.165, 1.54) is 0 Å². The highest BCUT2D eigenvalue weighted by molar-refractivity contribution is 6.29. The number of carbonyl (C=O) groups is 1. The molecule has 1 unspecified atom stereocenters. The van der Waals surface area contributed by atoms with E-state index in [0.29, 0.717) is 28.4 Å². The fraction of sp³-hybridized carbons (Fsp3) is 0.400. The van der Waals surface area contributed by atoms with Crippen LogP contribution in [-0.4, -0.2) is 15.9 Å². The standard InChI is InChI=1S/C15H16ClN3O2/c1-8-13(18-9(2)21-8)15(20)19-14(10-3-4-10)11-5-6-12(16)17-7-11/h5-7,10,14H,3-4H2,1-2H3,(H,19,20). The van der Waals surface area contributed by atoms with Gasteiger partial charge in [0.1, 0.15) is 10.9 Å². The molecule has 1 aliphatic rings. The van der Waals surface area contributed by atoms with Gasteiger partial charge in [-0.05, 0) is 37.3 Å². The van der Waals surface area contributed by atoms with Crippen molar-refractivity contribution in [3.8, 4) is 0 Å². The summed E-state index contributed by atoms with van der Waals surface area (Å²) in [6, 6.07) is 3.59. The van der Waals surface area contributed by atoms with Crippen LogP contribution in [0.5, 0.6) is 0 Å². The number of pyridine rings is 1. The average molecular weight is 306 g/mol. The van der Waals surface area contributed by atoms with E-state index in [0.717, 1.165) is 18.4 Å². The summed E-state index contributed by atoms with van der Waals surface area (Å²) >= 11 is 5.82. The Balaban J connectivity index is 1.81. The van der Waals surface area contributed by atoms with Crippen LogP contribution in [0.2, 0.25) is 5.15 Å². The number of carbonyl (C=O) groups excluding carboxylic acids is 1. The predicted octanol–water partition coefficient (Wildman–Crippen LogP) is 3.22. The first-order valence-electron chi connectivity index (χ1n) is 6.91. The first-order valence-corrected chi connectivity index (χ1v) is 7.28. The van der Waals surface area contributed by atoms with Gasteiger partial charge in [-0.25, -0.2) is 9.97 Å². The fourth-order valence-corrected chi connectivity index (χ4v) is 2.54. The minimum Gasteiger partial charge on any atom is -0.445 e. The smallest absolute Gasteiger partial charge is 0.274 e.